The molecule has 1 saturated carbocycles. The highest BCUT2D eigenvalue weighted by molar-refractivity contribution is 7.16. The van der Waals surface area contributed by atoms with E-state index in [4.69, 9.17) is 0 Å². The number of hydrogen-bond acceptors (Lipinski definition) is 4. The van der Waals surface area contributed by atoms with Crippen molar-refractivity contribution in [2.45, 2.75) is 12.3 Å². The van der Waals surface area contributed by atoms with Crippen LogP contribution in [0.1, 0.15) is 28.3 Å². The van der Waals surface area contributed by atoms with E-state index in [0.717, 1.165) is 16.6 Å². The second-order valence-electron chi connectivity index (χ2n) is 7.51. The minimum absolute atomic E-state index is 0.0379. The van der Waals surface area contributed by atoms with Crippen LogP contribution in [-0.2, 0) is 4.79 Å². The summed E-state index contributed by atoms with van der Waals surface area (Å²) in [5.74, 6) is 0.751. The van der Waals surface area contributed by atoms with Crippen LogP contribution < -0.4 is 0 Å². The van der Waals surface area contributed by atoms with Crippen molar-refractivity contribution in [3.63, 3.8) is 0 Å². The molecule has 2 unspecified atom stereocenters. The Morgan fingerprint density at radius 3 is 2.50 bits per heavy atom. The minimum atomic E-state index is 0.0379. The zero-order chi connectivity index (χ0) is 19.1. The zero-order valence-corrected chi connectivity index (χ0v) is 16.3. The molecule has 28 heavy (non-hydrogen) atoms. The first-order valence-corrected chi connectivity index (χ1v) is 10.5. The molecule has 6 heteroatoms. The van der Waals surface area contributed by atoms with E-state index in [1.165, 1.54) is 5.56 Å². The summed E-state index contributed by atoms with van der Waals surface area (Å²) in [5, 5.41) is 0. The van der Waals surface area contributed by atoms with Crippen LogP contribution in [0.25, 0.3) is 10.2 Å². The number of carbonyl (C=O) groups is 2. The molecular weight excluding hydrogens is 370 g/mol. The lowest BCUT2D eigenvalue weighted by Crippen LogP contribution is -2.51. The molecule has 3 aromatic rings. The molecule has 0 bridgehead atoms. The number of aromatic nitrogens is 1. The second-order valence-corrected chi connectivity index (χ2v) is 8.40. The molecule has 5 nitrogen and oxygen atoms in total. The molecular formula is C22H21N3O2S. The van der Waals surface area contributed by atoms with Gasteiger partial charge in [-0.1, -0.05) is 30.3 Å². The molecule has 2 aromatic carbocycles. The van der Waals surface area contributed by atoms with Crippen molar-refractivity contribution in [2.75, 3.05) is 26.2 Å². The molecule has 2 aliphatic rings. The summed E-state index contributed by atoms with van der Waals surface area (Å²) in [6.45, 7) is 2.42. The van der Waals surface area contributed by atoms with Gasteiger partial charge in [0.05, 0.1) is 15.7 Å². The molecule has 2 amide bonds. The molecule has 0 N–H and O–H groups in total. The highest BCUT2D eigenvalue weighted by atomic mass is 32.1. The molecule has 0 radical (unpaired) electrons. The number of benzene rings is 2. The van der Waals surface area contributed by atoms with Crippen LogP contribution in [0.4, 0.5) is 0 Å². The Bertz CT molecular complexity index is 1020. The Hall–Kier alpha value is -2.73. The van der Waals surface area contributed by atoms with Crippen LogP contribution in [-0.4, -0.2) is 52.8 Å². The first-order chi connectivity index (χ1) is 13.7. The van der Waals surface area contributed by atoms with Gasteiger partial charge in [-0.3, -0.25) is 9.59 Å². The van der Waals surface area contributed by atoms with Gasteiger partial charge in [-0.15, -0.1) is 11.3 Å². The van der Waals surface area contributed by atoms with E-state index in [0.29, 0.717) is 37.7 Å². The fourth-order valence-electron chi connectivity index (χ4n) is 4.07. The molecule has 1 aliphatic carbocycles. The predicted molar refractivity (Wildman–Crippen MR) is 109 cm³/mol. The normalized spacial score (nSPS) is 21.7. The molecule has 5 rings (SSSR count). The summed E-state index contributed by atoms with van der Waals surface area (Å²) in [6, 6.07) is 15.9. The topological polar surface area (TPSA) is 53.5 Å². The fourth-order valence-corrected chi connectivity index (χ4v) is 4.79. The Labute approximate surface area is 167 Å². The number of fused-ring (bicyclic) bond motifs is 1. The number of hydrogen-bond donors (Lipinski definition) is 0. The molecule has 1 aliphatic heterocycles. The summed E-state index contributed by atoms with van der Waals surface area (Å²) in [5.41, 5.74) is 4.68. The molecule has 0 spiro atoms. The van der Waals surface area contributed by atoms with Crippen LogP contribution in [0.5, 0.6) is 0 Å². The van der Waals surface area contributed by atoms with E-state index >= 15 is 0 Å². The van der Waals surface area contributed by atoms with Gasteiger partial charge in [-0.25, -0.2) is 4.98 Å². The second kappa shape index (κ2) is 7.02. The number of thiazole rings is 1. The Morgan fingerprint density at radius 2 is 1.71 bits per heavy atom. The first kappa shape index (κ1) is 17.4. The van der Waals surface area contributed by atoms with Gasteiger partial charge in [0, 0.05) is 37.7 Å². The lowest BCUT2D eigenvalue weighted by Gasteiger charge is -2.35. The number of amides is 2. The van der Waals surface area contributed by atoms with E-state index < -0.39 is 0 Å². The van der Waals surface area contributed by atoms with Gasteiger partial charge in [-0.05, 0) is 36.1 Å². The molecule has 142 valence electrons. The maximum absolute atomic E-state index is 12.8. The van der Waals surface area contributed by atoms with E-state index in [2.05, 4.69) is 17.1 Å². The third-order valence-corrected chi connectivity index (χ3v) is 6.58. The van der Waals surface area contributed by atoms with E-state index in [9.17, 15) is 9.59 Å². The van der Waals surface area contributed by atoms with Crippen LogP contribution in [0.3, 0.4) is 0 Å². The number of nitrogens with zero attached hydrogens (tertiary/aromatic N) is 3. The van der Waals surface area contributed by atoms with E-state index in [1.807, 2.05) is 46.2 Å². The Morgan fingerprint density at radius 1 is 0.964 bits per heavy atom. The van der Waals surface area contributed by atoms with Crippen molar-refractivity contribution in [3.05, 3.63) is 65.2 Å². The van der Waals surface area contributed by atoms with Gasteiger partial charge >= 0.3 is 0 Å². The van der Waals surface area contributed by atoms with Gasteiger partial charge in [0.25, 0.3) is 5.91 Å². The SMILES string of the molecule is O=C(c1ccc2ncsc2c1)N1CCN(C(=O)C2CC2c2ccccc2)CC1. The monoisotopic (exact) mass is 391 g/mol. The molecule has 2 fully saturated rings. The van der Waals surface area contributed by atoms with Crippen LogP contribution >= 0.6 is 11.3 Å². The van der Waals surface area contributed by atoms with Crippen molar-refractivity contribution in [2.24, 2.45) is 5.92 Å². The van der Waals surface area contributed by atoms with Crippen molar-refractivity contribution < 1.29 is 9.59 Å². The Balaban J connectivity index is 1.19. The number of piperazine rings is 1. The number of rotatable bonds is 3. The van der Waals surface area contributed by atoms with Crippen LogP contribution in [0.2, 0.25) is 0 Å². The average molecular weight is 391 g/mol. The fraction of sp³-hybridized carbons (Fsp3) is 0.318. The zero-order valence-electron chi connectivity index (χ0n) is 15.5. The molecule has 2 atom stereocenters. The van der Waals surface area contributed by atoms with Gasteiger partial charge in [0.2, 0.25) is 5.91 Å². The van der Waals surface area contributed by atoms with Gasteiger partial charge in [0.15, 0.2) is 0 Å². The standard InChI is InChI=1S/C22H21N3O2S/c26-21(16-6-7-19-20(12-16)28-14-23-19)24-8-10-25(11-9-24)22(27)18-13-17(18)15-4-2-1-3-5-15/h1-7,12,14,17-18H,8-11,13H2. The Kier molecular flexibility index (Phi) is 4.36. The molecule has 2 heterocycles. The van der Waals surface area contributed by atoms with E-state index in [-0.39, 0.29) is 17.7 Å². The van der Waals surface area contributed by atoms with Gasteiger partial charge in [-0.2, -0.15) is 0 Å². The highest BCUT2D eigenvalue weighted by Crippen LogP contribution is 2.48. The lowest BCUT2D eigenvalue weighted by molar-refractivity contribution is -0.134. The number of carbonyl (C=O) groups excluding carboxylic acids is 2. The highest BCUT2D eigenvalue weighted by Gasteiger charge is 2.46. The third-order valence-electron chi connectivity index (χ3n) is 5.79. The summed E-state index contributed by atoms with van der Waals surface area (Å²) in [7, 11) is 0. The van der Waals surface area contributed by atoms with Gasteiger partial charge < -0.3 is 9.80 Å². The smallest absolute Gasteiger partial charge is 0.254 e. The van der Waals surface area contributed by atoms with Crippen LogP contribution in [0, 0.1) is 5.92 Å². The maximum Gasteiger partial charge on any atom is 0.254 e. The lowest BCUT2D eigenvalue weighted by atomic mass is 10.1. The largest absolute Gasteiger partial charge is 0.339 e. The average Bonchev–Trinajstić information content (AvgIpc) is 3.42. The quantitative estimate of drug-likeness (QED) is 0.688. The van der Waals surface area contributed by atoms with E-state index in [1.54, 1.807) is 16.8 Å². The van der Waals surface area contributed by atoms with Crippen molar-refractivity contribution >= 4 is 33.4 Å². The molecule has 1 saturated heterocycles. The summed E-state index contributed by atoms with van der Waals surface area (Å²) in [6.07, 6.45) is 0.941. The summed E-state index contributed by atoms with van der Waals surface area (Å²) < 4.78 is 1.03. The van der Waals surface area contributed by atoms with Gasteiger partial charge in [0.1, 0.15) is 0 Å². The minimum Gasteiger partial charge on any atom is -0.339 e. The first-order valence-electron chi connectivity index (χ1n) is 9.67. The van der Waals surface area contributed by atoms with Crippen LogP contribution in [0.15, 0.2) is 54.0 Å². The summed E-state index contributed by atoms with van der Waals surface area (Å²) in [4.78, 5) is 33.7. The van der Waals surface area contributed by atoms with Crippen molar-refractivity contribution in [1.29, 1.82) is 0 Å². The summed E-state index contributed by atoms with van der Waals surface area (Å²) >= 11 is 1.54. The predicted octanol–water partition coefficient (Wildman–Crippen LogP) is 3.38. The maximum atomic E-state index is 12.8. The molecule has 1 aromatic heterocycles. The van der Waals surface area contributed by atoms with Crippen molar-refractivity contribution in [3.8, 4) is 0 Å². The third kappa shape index (κ3) is 3.18. The van der Waals surface area contributed by atoms with Crippen molar-refractivity contribution in [1.82, 2.24) is 14.8 Å².